The highest BCUT2D eigenvalue weighted by Gasteiger charge is 2.52. The van der Waals surface area contributed by atoms with Crippen molar-refractivity contribution in [3.8, 4) is 0 Å². The smallest absolute Gasteiger partial charge is 0.227 e. The minimum atomic E-state index is -0.587. The summed E-state index contributed by atoms with van der Waals surface area (Å²) in [5.74, 6) is 0.137. The first-order valence-electron chi connectivity index (χ1n) is 7.44. The van der Waals surface area contributed by atoms with E-state index in [4.69, 9.17) is 0 Å². The predicted octanol–water partition coefficient (Wildman–Crippen LogP) is 1.76. The number of hydrogen-bond donors (Lipinski definition) is 1. The van der Waals surface area contributed by atoms with Crippen LogP contribution in [-0.2, 0) is 11.2 Å². The first-order chi connectivity index (χ1) is 9.48. The first kappa shape index (κ1) is 13.6. The van der Waals surface area contributed by atoms with E-state index >= 15 is 0 Å². The molecule has 1 N–H and O–H groups in total. The molecule has 1 amide bonds. The van der Waals surface area contributed by atoms with E-state index in [0.717, 1.165) is 49.2 Å². The molecule has 4 heteroatoms. The molecular formula is C16H22N2O2. The van der Waals surface area contributed by atoms with Crippen LogP contribution in [0, 0.1) is 13.8 Å². The largest absolute Gasteiger partial charge is 0.388 e. The number of aromatic nitrogens is 1. The molecule has 1 aromatic rings. The number of hydrogen-bond acceptors (Lipinski definition) is 3. The zero-order chi connectivity index (χ0) is 14.3. The van der Waals surface area contributed by atoms with Crippen LogP contribution < -0.4 is 0 Å². The fraction of sp³-hybridized carbons (Fsp3) is 0.625. The van der Waals surface area contributed by atoms with Crippen molar-refractivity contribution in [1.82, 2.24) is 9.88 Å². The van der Waals surface area contributed by atoms with Crippen molar-refractivity contribution in [2.75, 3.05) is 6.54 Å². The number of aryl methyl sites for hydroxylation is 2. The van der Waals surface area contributed by atoms with E-state index in [1.165, 1.54) is 0 Å². The Morgan fingerprint density at radius 3 is 2.65 bits per heavy atom. The molecule has 20 heavy (non-hydrogen) atoms. The van der Waals surface area contributed by atoms with Crippen LogP contribution in [0.25, 0.3) is 0 Å². The van der Waals surface area contributed by atoms with Crippen LogP contribution in [-0.4, -0.2) is 39.1 Å². The molecule has 108 valence electrons. The van der Waals surface area contributed by atoms with Gasteiger partial charge in [-0.05, 0) is 57.2 Å². The molecule has 0 spiro atoms. The Balaban J connectivity index is 1.72. The standard InChI is InChI=1S/C16H22N2O2/c1-11-8-13(9-12(2)17-11)10-15(19)18-7-3-4-14(18)16(20)5-6-16/h8-9,14,20H,3-7,10H2,1-2H3. The third-order valence-corrected chi connectivity index (χ3v) is 4.45. The van der Waals surface area contributed by atoms with Gasteiger partial charge in [-0.3, -0.25) is 9.78 Å². The van der Waals surface area contributed by atoms with Gasteiger partial charge in [0.1, 0.15) is 0 Å². The fourth-order valence-electron chi connectivity index (χ4n) is 3.38. The highest BCUT2D eigenvalue weighted by molar-refractivity contribution is 5.79. The topological polar surface area (TPSA) is 53.4 Å². The maximum atomic E-state index is 12.5. The van der Waals surface area contributed by atoms with Gasteiger partial charge in [0, 0.05) is 17.9 Å². The lowest BCUT2D eigenvalue weighted by Crippen LogP contribution is -2.44. The lowest BCUT2D eigenvalue weighted by molar-refractivity contribution is -0.134. The molecule has 0 bridgehead atoms. The van der Waals surface area contributed by atoms with Gasteiger partial charge in [-0.1, -0.05) is 0 Å². The summed E-state index contributed by atoms with van der Waals surface area (Å²) in [6, 6.07) is 3.99. The molecule has 4 nitrogen and oxygen atoms in total. The Hall–Kier alpha value is -1.42. The van der Waals surface area contributed by atoms with Gasteiger partial charge in [-0.2, -0.15) is 0 Å². The molecule has 2 heterocycles. The van der Waals surface area contributed by atoms with Crippen LogP contribution in [0.4, 0.5) is 0 Å². The average molecular weight is 274 g/mol. The van der Waals surface area contributed by atoms with E-state index < -0.39 is 5.60 Å². The van der Waals surface area contributed by atoms with Crippen LogP contribution in [0.3, 0.4) is 0 Å². The van der Waals surface area contributed by atoms with E-state index in [2.05, 4.69) is 4.98 Å². The second kappa shape index (κ2) is 4.85. The third kappa shape index (κ3) is 2.57. The fourth-order valence-corrected chi connectivity index (χ4v) is 3.38. The number of nitrogens with zero attached hydrogens (tertiary/aromatic N) is 2. The summed E-state index contributed by atoms with van der Waals surface area (Å²) < 4.78 is 0. The Morgan fingerprint density at radius 1 is 1.40 bits per heavy atom. The second-order valence-electron chi connectivity index (χ2n) is 6.28. The van der Waals surface area contributed by atoms with Crippen molar-refractivity contribution in [3.63, 3.8) is 0 Å². The summed E-state index contributed by atoms with van der Waals surface area (Å²) >= 11 is 0. The lowest BCUT2D eigenvalue weighted by atomic mass is 10.1. The van der Waals surface area contributed by atoms with Gasteiger partial charge in [0.15, 0.2) is 0 Å². The van der Waals surface area contributed by atoms with Crippen LogP contribution >= 0.6 is 0 Å². The summed E-state index contributed by atoms with van der Waals surface area (Å²) in [5, 5.41) is 10.3. The molecule has 2 fully saturated rings. The molecule has 1 saturated heterocycles. The van der Waals surface area contributed by atoms with Gasteiger partial charge in [-0.15, -0.1) is 0 Å². The first-order valence-corrected chi connectivity index (χ1v) is 7.44. The molecule has 1 aromatic heterocycles. The minimum absolute atomic E-state index is 0.0408. The van der Waals surface area contributed by atoms with Gasteiger partial charge in [0.25, 0.3) is 0 Å². The summed E-state index contributed by atoms with van der Waals surface area (Å²) in [4.78, 5) is 18.8. The van der Waals surface area contributed by atoms with Crippen molar-refractivity contribution in [1.29, 1.82) is 0 Å². The summed E-state index contributed by atoms with van der Waals surface area (Å²) in [5.41, 5.74) is 2.34. The Morgan fingerprint density at radius 2 is 2.05 bits per heavy atom. The number of likely N-dealkylation sites (tertiary alicyclic amines) is 1. The molecule has 1 unspecified atom stereocenters. The number of pyridine rings is 1. The van der Waals surface area contributed by atoms with Gasteiger partial charge < -0.3 is 10.0 Å². The third-order valence-electron chi connectivity index (χ3n) is 4.45. The predicted molar refractivity (Wildman–Crippen MR) is 76.3 cm³/mol. The summed E-state index contributed by atoms with van der Waals surface area (Å²) in [6.45, 7) is 4.69. The van der Waals surface area contributed by atoms with Crippen molar-refractivity contribution in [2.24, 2.45) is 0 Å². The van der Waals surface area contributed by atoms with Gasteiger partial charge in [0.05, 0.1) is 18.1 Å². The van der Waals surface area contributed by atoms with E-state index in [1.807, 2.05) is 30.9 Å². The molecule has 0 radical (unpaired) electrons. The molecule has 1 aliphatic carbocycles. The summed E-state index contributed by atoms with van der Waals surface area (Å²) in [6.07, 6.45) is 4.05. The summed E-state index contributed by atoms with van der Waals surface area (Å²) in [7, 11) is 0. The van der Waals surface area contributed by atoms with Gasteiger partial charge in [0.2, 0.25) is 5.91 Å². The highest BCUT2D eigenvalue weighted by Crippen LogP contribution is 2.44. The zero-order valence-corrected chi connectivity index (χ0v) is 12.2. The van der Waals surface area contributed by atoms with Crippen molar-refractivity contribution >= 4 is 5.91 Å². The van der Waals surface area contributed by atoms with E-state index in [-0.39, 0.29) is 11.9 Å². The minimum Gasteiger partial charge on any atom is -0.388 e. The Bertz CT molecular complexity index is 517. The van der Waals surface area contributed by atoms with Gasteiger partial charge >= 0.3 is 0 Å². The average Bonchev–Trinajstić information content (AvgIpc) is 2.91. The monoisotopic (exact) mass is 274 g/mol. The van der Waals surface area contributed by atoms with Crippen LogP contribution in [0.2, 0.25) is 0 Å². The maximum Gasteiger partial charge on any atom is 0.227 e. The number of amides is 1. The zero-order valence-electron chi connectivity index (χ0n) is 12.2. The van der Waals surface area contributed by atoms with Crippen LogP contribution in [0.5, 0.6) is 0 Å². The number of aliphatic hydroxyl groups is 1. The molecular weight excluding hydrogens is 252 g/mol. The quantitative estimate of drug-likeness (QED) is 0.913. The van der Waals surface area contributed by atoms with E-state index in [9.17, 15) is 9.90 Å². The molecule has 1 saturated carbocycles. The molecule has 0 aromatic carbocycles. The maximum absolute atomic E-state index is 12.5. The number of carbonyl (C=O) groups excluding carboxylic acids is 1. The van der Waals surface area contributed by atoms with Crippen molar-refractivity contribution in [2.45, 2.75) is 57.6 Å². The SMILES string of the molecule is Cc1cc(CC(=O)N2CCCC2C2(O)CC2)cc(C)n1. The van der Waals surface area contributed by atoms with E-state index in [1.54, 1.807) is 0 Å². The van der Waals surface area contributed by atoms with Crippen LogP contribution in [0.15, 0.2) is 12.1 Å². The molecule has 2 aliphatic rings. The normalized spacial score (nSPS) is 23.9. The highest BCUT2D eigenvalue weighted by atomic mass is 16.3. The van der Waals surface area contributed by atoms with Crippen molar-refractivity contribution in [3.05, 3.63) is 29.1 Å². The van der Waals surface area contributed by atoms with E-state index in [0.29, 0.717) is 6.42 Å². The Labute approximate surface area is 119 Å². The van der Waals surface area contributed by atoms with Crippen molar-refractivity contribution < 1.29 is 9.90 Å². The number of carbonyl (C=O) groups is 1. The van der Waals surface area contributed by atoms with Gasteiger partial charge in [-0.25, -0.2) is 0 Å². The number of rotatable bonds is 3. The lowest BCUT2D eigenvalue weighted by Gasteiger charge is -2.29. The molecule has 1 aliphatic heterocycles. The molecule has 1 atom stereocenters. The second-order valence-corrected chi connectivity index (χ2v) is 6.28. The Kier molecular flexibility index (Phi) is 3.28. The van der Waals surface area contributed by atoms with Crippen LogP contribution in [0.1, 0.15) is 42.6 Å². The molecule has 3 rings (SSSR count).